The Hall–Kier alpha value is -2.84. The van der Waals surface area contributed by atoms with Crippen LogP contribution in [-0.2, 0) is 17.4 Å². The Bertz CT molecular complexity index is 889. The number of anilines is 2. The number of benzene rings is 1. The standard InChI is InChI=1S/C22H26F3N5O/c23-22(24,25)18-6-4-17(5-7-18)14-21(31)30-12-10-29(11-13-30)20-15-19(26-16-27-20)28-8-2-1-3-9-28/h4-7,15-16H,1-3,8-14H2. The number of amides is 1. The third-order valence-electron chi connectivity index (χ3n) is 5.91. The van der Waals surface area contributed by atoms with Gasteiger partial charge in [-0.2, -0.15) is 13.2 Å². The second kappa shape index (κ2) is 9.11. The van der Waals surface area contributed by atoms with Gasteiger partial charge in [0.15, 0.2) is 0 Å². The van der Waals surface area contributed by atoms with E-state index in [0.717, 1.165) is 36.9 Å². The van der Waals surface area contributed by atoms with Gasteiger partial charge in [0.05, 0.1) is 12.0 Å². The number of aromatic nitrogens is 2. The molecule has 2 fully saturated rings. The van der Waals surface area contributed by atoms with Crippen LogP contribution in [0.2, 0.25) is 0 Å². The first-order chi connectivity index (χ1) is 14.9. The average molecular weight is 433 g/mol. The molecule has 3 heterocycles. The van der Waals surface area contributed by atoms with Crippen LogP contribution in [0.15, 0.2) is 36.7 Å². The number of hydrogen-bond acceptors (Lipinski definition) is 5. The summed E-state index contributed by atoms with van der Waals surface area (Å²) in [6, 6.07) is 6.82. The van der Waals surface area contributed by atoms with Gasteiger partial charge in [0, 0.05) is 45.3 Å². The van der Waals surface area contributed by atoms with Crippen molar-refractivity contribution in [2.24, 2.45) is 0 Å². The van der Waals surface area contributed by atoms with Gasteiger partial charge in [-0.3, -0.25) is 4.79 Å². The first-order valence-electron chi connectivity index (χ1n) is 10.7. The van der Waals surface area contributed by atoms with E-state index in [9.17, 15) is 18.0 Å². The van der Waals surface area contributed by atoms with E-state index in [-0.39, 0.29) is 12.3 Å². The van der Waals surface area contributed by atoms with Crippen LogP contribution in [0, 0.1) is 0 Å². The highest BCUT2D eigenvalue weighted by atomic mass is 19.4. The highest BCUT2D eigenvalue weighted by Gasteiger charge is 2.30. The van der Waals surface area contributed by atoms with Gasteiger partial charge in [0.25, 0.3) is 0 Å². The van der Waals surface area contributed by atoms with Gasteiger partial charge in [0.1, 0.15) is 18.0 Å². The SMILES string of the molecule is O=C(Cc1ccc(C(F)(F)F)cc1)N1CCN(c2cc(N3CCCCC3)ncn2)CC1. The van der Waals surface area contributed by atoms with Crippen molar-refractivity contribution < 1.29 is 18.0 Å². The molecule has 2 aliphatic heterocycles. The van der Waals surface area contributed by atoms with Crippen LogP contribution in [0.1, 0.15) is 30.4 Å². The van der Waals surface area contributed by atoms with Crippen LogP contribution in [0.3, 0.4) is 0 Å². The van der Waals surface area contributed by atoms with Crippen molar-refractivity contribution >= 4 is 17.5 Å². The fraction of sp³-hybridized carbons (Fsp3) is 0.500. The highest BCUT2D eigenvalue weighted by Crippen LogP contribution is 2.29. The first-order valence-corrected chi connectivity index (χ1v) is 10.7. The quantitative estimate of drug-likeness (QED) is 0.740. The average Bonchev–Trinajstić information content (AvgIpc) is 2.79. The van der Waals surface area contributed by atoms with Gasteiger partial charge in [0.2, 0.25) is 5.91 Å². The Kier molecular flexibility index (Phi) is 6.29. The number of nitrogens with zero attached hydrogens (tertiary/aromatic N) is 5. The molecular weight excluding hydrogens is 407 g/mol. The third kappa shape index (κ3) is 5.26. The zero-order valence-electron chi connectivity index (χ0n) is 17.3. The summed E-state index contributed by atoms with van der Waals surface area (Å²) in [6.45, 7) is 4.47. The molecule has 2 aliphatic rings. The number of halogens is 3. The molecule has 166 valence electrons. The minimum Gasteiger partial charge on any atom is -0.356 e. The van der Waals surface area contributed by atoms with Crippen LogP contribution in [0.25, 0.3) is 0 Å². The van der Waals surface area contributed by atoms with E-state index in [1.165, 1.54) is 31.4 Å². The molecule has 2 aromatic rings. The zero-order chi connectivity index (χ0) is 21.8. The third-order valence-corrected chi connectivity index (χ3v) is 5.91. The van der Waals surface area contributed by atoms with Crippen molar-refractivity contribution in [2.75, 3.05) is 49.1 Å². The summed E-state index contributed by atoms with van der Waals surface area (Å²) in [5, 5.41) is 0. The number of piperidine rings is 1. The van der Waals surface area contributed by atoms with Gasteiger partial charge >= 0.3 is 6.18 Å². The molecule has 9 heteroatoms. The summed E-state index contributed by atoms with van der Waals surface area (Å²) in [6.07, 6.45) is 0.953. The van der Waals surface area contributed by atoms with E-state index in [0.29, 0.717) is 31.7 Å². The molecule has 1 aromatic heterocycles. The number of carbonyl (C=O) groups is 1. The van der Waals surface area contributed by atoms with Crippen LogP contribution < -0.4 is 9.80 Å². The minimum atomic E-state index is -4.37. The van der Waals surface area contributed by atoms with Crippen molar-refractivity contribution in [3.05, 3.63) is 47.8 Å². The predicted octanol–water partition coefficient (Wildman–Crippen LogP) is 3.38. The number of carbonyl (C=O) groups excluding carboxylic acids is 1. The lowest BCUT2D eigenvalue weighted by Crippen LogP contribution is -2.49. The lowest BCUT2D eigenvalue weighted by molar-refractivity contribution is -0.137. The maximum Gasteiger partial charge on any atom is 0.416 e. The van der Waals surface area contributed by atoms with E-state index in [4.69, 9.17) is 0 Å². The van der Waals surface area contributed by atoms with Crippen LogP contribution in [0.4, 0.5) is 24.8 Å². The Morgan fingerprint density at radius 3 is 2.00 bits per heavy atom. The predicted molar refractivity (Wildman–Crippen MR) is 112 cm³/mol. The van der Waals surface area contributed by atoms with Gasteiger partial charge in [-0.25, -0.2) is 9.97 Å². The molecular formula is C22H26F3N5O. The maximum atomic E-state index is 12.7. The second-order valence-electron chi connectivity index (χ2n) is 8.02. The number of alkyl halides is 3. The maximum absolute atomic E-state index is 12.7. The van der Waals surface area contributed by atoms with Gasteiger partial charge in [-0.05, 0) is 37.0 Å². The molecule has 31 heavy (non-hydrogen) atoms. The lowest BCUT2D eigenvalue weighted by atomic mass is 10.1. The van der Waals surface area contributed by atoms with Gasteiger partial charge < -0.3 is 14.7 Å². The van der Waals surface area contributed by atoms with Crippen LogP contribution in [-0.4, -0.2) is 60.0 Å². The summed E-state index contributed by atoms with van der Waals surface area (Å²) in [7, 11) is 0. The second-order valence-corrected chi connectivity index (χ2v) is 8.02. The van der Waals surface area contributed by atoms with E-state index in [1.54, 1.807) is 11.2 Å². The Balaban J connectivity index is 1.32. The lowest BCUT2D eigenvalue weighted by Gasteiger charge is -2.36. The van der Waals surface area contributed by atoms with Crippen molar-refractivity contribution in [1.29, 1.82) is 0 Å². The number of piperazine rings is 1. The van der Waals surface area contributed by atoms with E-state index >= 15 is 0 Å². The first kappa shape index (κ1) is 21.4. The van der Waals surface area contributed by atoms with Crippen molar-refractivity contribution in [2.45, 2.75) is 31.9 Å². The molecule has 0 radical (unpaired) electrons. The molecule has 1 amide bonds. The molecule has 0 bridgehead atoms. The van der Waals surface area contributed by atoms with Gasteiger partial charge in [-0.1, -0.05) is 12.1 Å². The topological polar surface area (TPSA) is 52.6 Å². The minimum absolute atomic E-state index is 0.0731. The summed E-state index contributed by atoms with van der Waals surface area (Å²) in [4.78, 5) is 27.6. The molecule has 6 nitrogen and oxygen atoms in total. The highest BCUT2D eigenvalue weighted by molar-refractivity contribution is 5.79. The van der Waals surface area contributed by atoms with Crippen LogP contribution in [0.5, 0.6) is 0 Å². The van der Waals surface area contributed by atoms with E-state index in [1.807, 2.05) is 6.07 Å². The van der Waals surface area contributed by atoms with Crippen molar-refractivity contribution in [1.82, 2.24) is 14.9 Å². The zero-order valence-corrected chi connectivity index (χ0v) is 17.3. The fourth-order valence-electron chi connectivity index (χ4n) is 4.09. The Morgan fingerprint density at radius 2 is 1.42 bits per heavy atom. The van der Waals surface area contributed by atoms with Crippen molar-refractivity contribution in [3.8, 4) is 0 Å². The summed E-state index contributed by atoms with van der Waals surface area (Å²) >= 11 is 0. The monoisotopic (exact) mass is 433 g/mol. The largest absolute Gasteiger partial charge is 0.416 e. The molecule has 0 N–H and O–H groups in total. The molecule has 2 saturated heterocycles. The summed E-state index contributed by atoms with van der Waals surface area (Å²) in [5.41, 5.74) is -0.117. The molecule has 0 aliphatic carbocycles. The molecule has 0 spiro atoms. The molecule has 0 atom stereocenters. The van der Waals surface area contributed by atoms with Crippen LogP contribution >= 0.6 is 0 Å². The summed E-state index contributed by atoms with van der Waals surface area (Å²) in [5.74, 6) is 1.74. The van der Waals surface area contributed by atoms with Gasteiger partial charge in [-0.15, -0.1) is 0 Å². The Morgan fingerprint density at radius 1 is 0.839 bits per heavy atom. The normalized spacial score (nSPS) is 17.7. The number of rotatable bonds is 4. The fourth-order valence-corrected chi connectivity index (χ4v) is 4.09. The smallest absolute Gasteiger partial charge is 0.356 e. The van der Waals surface area contributed by atoms with Crippen molar-refractivity contribution in [3.63, 3.8) is 0 Å². The number of hydrogen-bond donors (Lipinski definition) is 0. The van der Waals surface area contributed by atoms with E-state index in [2.05, 4.69) is 19.8 Å². The van der Waals surface area contributed by atoms with E-state index < -0.39 is 11.7 Å². The molecule has 4 rings (SSSR count). The summed E-state index contributed by atoms with van der Waals surface area (Å²) < 4.78 is 38.1. The molecule has 1 aromatic carbocycles. The Labute approximate surface area is 179 Å². The molecule has 0 saturated carbocycles. The molecule has 0 unspecified atom stereocenters.